The summed E-state index contributed by atoms with van der Waals surface area (Å²) >= 11 is 0. The summed E-state index contributed by atoms with van der Waals surface area (Å²) in [6.07, 6.45) is 6.78. The normalized spacial score (nSPS) is 16.7. The summed E-state index contributed by atoms with van der Waals surface area (Å²) < 4.78 is 5.00. The fraction of sp³-hybridized carbons (Fsp3) is 0.389. The SMILES string of the molecule is COCCN1CC(CNC(=O)c2cnc(-c3ccncc3)nc2)CC1=O. The second kappa shape index (κ2) is 8.48. The van der Waals surface area contributed by atoms with Crippen LogP contribution in [0.25, 0.3) is 11.4 Å². The Morgan fingerprint density at radius 2 is 2.04 bits per heavy atom. The van der Waals surface area contributed by atoms with Crippen molar-refractivity contribution in [1.29, 1.82) is 0 Å². The smallest absolute Gasteiger partial charge is 0.254 e. The molecule has 2 aromatic rings. The number of nitrogens with zero attached hydrogens (tertiary/aromatic N) is 4. The van der Waals surface area contributed by atoms with Crippen LogP contribution >= 0.6 is 0 Å². The number of aromatic nitrogens is 3. The number of nitrogens with one attached hydrogen (secondary N) is 1. The molecule has 1 atom stereocenters. The molecule has 1 unspecified atom stereocenters. The van der Waals surface area contributed by atoms with E-state index in [9.17, 15) is 9.59 Å². The van der Waals surface area contributed by atoms with Gasteiger partial charge in [0.1, 0.15) is 0 Å². The van der Waals surface area contributed by atoms with Crippen molar-refractivity contribution in [1.82, 2.24) is 25.2 Å². The molecule has 1 aliphatic heterocycles. The van der Waals surface area contributed by atoms with Gasteiger partial charge in [-0.15, -0.1) is 0 Å². The molecule has 26 heavy (non-hydrogen) atoms. The summed E-state index contributed by atoms with van der Waals surface area (Å²) in [5.74, 6) is 0.514. The number of pyridine rings is 1. The van der Waals surface area contributed by atoms with Gasteiger partial charge in [-0.05, 0) is 12.1 Å². The number of carbonyl (C=O) groups excluding carboxylic acids is 2. The van der Waals surface area contributed by atoms with Crippen LogP contribution in [0.4, 0.5) is 0 Å². The molecular formula is C18H21N5O3. The largest absolute Gasteiger partial charge is 0.383 e. The van der Waals surface area contributed by atoms with Gasteiger partial charge in [0.05, 0.1) is 12.2 Å². The summed E-state index contributed by atoms with van der Waals surface area (Å²) in [6, 6.07) is 3.61. The van der Waals surface area contributed by atoms with Gasteiger partial charge >= 0.3 is 0 Å². The van der Waals surface area contributed by atoms with Crippen molar-refractivity contribution in [2.24, 2.45) is 5.92 Å². The number of rotatable bonds is 7. The highest BCUT2D eigenvalue weighted by molar-refractivity contribution is 5.93. The minimum atomic E-state index is -0.242. The van der Waals surface area contributed by atoms with Gasteiger partial charge in [0.25, 0.3) is 5.91 Å². The second-order valence-corrected chi connectivity index (χ2v) is 6.14. The lowest BCUT2D eigenvalue weighted by Gasteiger charge is -2.16. The van der Waals surface area contributed by atoms with Crippen molar-refractivity contribution in [3.05, 3.63) is 42.5 Å². The van der Waals surface area contributed by atoms with E-state index in [4.69, 9.17) is 4.74 Å². The number of hydrogen-bond donors (Lipinski definition) is 1. The van der Waals surface area contributed by atoms with E-state index >= 15 is 0 Å². The minimum absolute atomic E-state index is 0.103. The Balaban J connectivity index is 1.52. The third-order valence-electron chi connectivity index (χ3n) is 4.26. The van der Waals surface area contributed by atoms with E-state index in [1.807, 2.05) is 12.1 Å². The maximum atomic E-state index is 12.3. The summed E-state index contributed by atoms with van der Waals surface area (Å²) in [4.78, 5) is 38.4. The zero-order chi connectivity index (χ0) is 18.4. The molecule has 1 saturated heterocycles. The highest BCUT2D eigenvalue weighted by Gasteiger charge is 2.29. The third-order valence-corrected chi connectivity index (χ3v) is 4.26. The third kappa shape index (κ3) is 4.40. The minimum Gasteiger partial charge on any atom is -0.383 e. The molecule has 2 aromatic heterocycles. The van der Waals surface area contributed by atoms with Crippen LogP contribution in [0.5, 0.6) is 0 Å². The second-order valence-electron chi connectivity index (χ2n) is 6.14. The average Bonchev–Trinajstić information content (AvgIpc) is 3.05. The van der Waals surface area contributed by atoms with Crippen LogP contribution < -0.4 is 5.32 Å². The highest BCUT2D eigenvalue weighted by Crippen LogP contribution is 2.17. The molecule has 0 aliphatic carbocycles. The predicted molar refractivity (Wildman–Crippen MR) is 94.2 cm³/mol. The van der Waals surface area contributed by atoms with Crippen molar-refractivity contribution in [2.75, 3.05) is 33.4 Å². The molecule has 0 saturated carbocycles. The molecular weight excluding hydrogens is 334 g/mol. The van der Waals surface area contributed by atoms with Crippen molar-refractivity contribution in [2.45, 2.75) is 6.42 Å². The van der Waals surface area contributed by atoms with Crippen molar-refractivity contribution in [3.63, 3.8) is 0 Å². The summed E-state index contributed by atoms with van der Waals surface area (Å²) in [5, 5.41) is 2.86. The van der Waals surface area contributed by atoms with Crippen LogP contribution in [-0.2, 0) is 9.53 Å². The van der Waals surface area contributed by atoms with Gasteiger partial charge in [-0.1, -0.05) is 0 Å². The monoisotopic (exact) mass is 355 g/mol. The van der Waals surface area contributed by atoms with E-state index in [0.717, 1.165) is 5.56 Å². The van der Waals surface area contributed by atoms with Gasteiger partial charge in [0, 0.05) is 69.4 Å². The molecule has 0 radical (unpaired) electrons. The predicted octanol–water partition coefficient (Wildman–Crippen LogP) is 0.763. The molecule has 1 fully saturated rings. The molecule has 0 bridgehead atoms. The molecule has 3 rings (SSSR count). The lowest BCUT2D eigenvalue weighted by Crippen LogP contribution is -2.32. The lowest BCUT2D eigenvalue weighted by atomic mass is 10.1. The number of methoxy groups -OCH3 is 1. The molecule has 0 aromatic carbocycles. The van der Waals surface area contributed by atoms with Gasteiger partial charge in [0.15, 0.2) is 5.82 Å². The van der Waals surface area contributed by atoms with Crippen molar-refractivity contribution in [3.8, 4) is 11.4 Å². The van der Waals surface area contributed by atoms with Crippen LogP contribution in [0.3, 0.4) is 0 Å². The number of amides is 2. The molecule has 1 N–H and O–H groups in total. The zero-order valence-corrected chi connectivity index (χ0v) is 14.6. The fourth-order valence-corrected chi connectivity index (χ4v) is 2.84. The summed E-state index contributed by atoms with van der Waals surface area (Å²) in [7, 11) is 1.61. The van der Waals surface area contributed by atoms with E-state index in [1.54, 1.807) is 24.4 Å². The summed E-state index contributed by atoms with van der Waals surface area (Å²) in [6.45, 7) is 2.19. The molecule has 2 amide bonds. The van der Waals surface area contributed by atoms with Gasteiger partial charge in [-0.2, -0.15) is 0 Å². The van der Waals surface area contributed by atoms with E-state index in [0.29, 0.717) is 44.0 Å². The molecule has 136 valence electrons. The maximum Gasteiger partial charge on any atom is 0.254 e. The molecule has 0 spiro atoms. The Morgan fingerprint density at radius 1 is 1.31 bits per heavy atom. The van der Waals surface area contributed by atoms with E-state index in [-0.39, 0.29) is 17.7 Å². The first kappa shape index (κ1) is 17.9. The van der Waals surface area contributed by atoms with Crippen LogP contribution in [-0.4, -0.2) is 65.0 Å². The topological polar surface area (TPSA) is 97.3 Å². The van der Waals surface area contributed by atoms with Crippen LogP contribution in [0, 0.1) is 5.92 Å². The number of carbonyl (C=O) groups is 2. The average molecular weight is 355 g/mol. The lowest BCUT2D eigenvalue weighted by molar-refractivity contribution is -0.128. The van der Waals surface area contributed by atoms with Crippen molar-refractivity contribution < 1.29 is 14.3 Å². The zero-order valence-electron chi connectivity index (χ0n) is 14.6. The Hall–Kier alpha value is -2.87. The van der Waals surface area contributed by atoms with E-state index in [1.165, 1.54) is 12.4 Å². The van der Waals surface area contributed by atoms with Gasteiger partial charge in [0.2, 0.25) is 5.91 Å². The first-order valence-corrected chi connectivity index (χ1v) is 8.44. The number of likely N-dealkylation sites (tertiary alicyclic amines) is 1. The van der Waals surface area contributed by atoms with Gasteiger partial charge in [-0.25, -0.2) is 9.97 Å². The maximum absolute atomic E-state index is 12.3. The molecule has 3 heterocycles. The van der Waals surface area contributed by atoms with Gasteiger partial charge in [-0.3, -0.25) is 14.6 Å². The first-order valence-electron chi connectivity index (χ1n) is 8.44. The van der Waals surface area contributed by atoms with Crippen molar-refractivity contribution >= 4 is 11.8 Å². The highest BCUT2D eigenvalue weighted by atomic mass is 16.5. The van der Waals surface area contributed by atoms with E-state index in [2.05, 4.69) is 20.3 Å². The first-order chi connectivity index (χ1) is 12.7. The summed E-state index contributed by atoms with van der Waals surface area (Å²) in [5.41, 5.74) is 1.23. The Morgan fingerprint density at radius 3 is 2.73 bits per heavy atom. The molecule has 1 aliphatic rings. The molecule has 8 heteroatoms. The van der Waals surface area contributed by atoms with Crippen LogP contribution in [0.15, 0.2) is 36.9 Å². The quantitative estimate of drug-likeness (QED) is 0.788. The molecule has 8 nitrogen and oxygen atoms in total. The standard InChI is InChI=1S/C18H21N5O3/c1-26-7-6-23-12-13(8-16(23)24)9-22-18(25)15-10-20-17(21-11-15)14-2-4-19-5-3-14/h2-5,10-11,13H,6-9,12H2,1H3,(H,22,25). The number of ether oxygens (including phenoxy) is 1. The van der Waals surface area contributed by atoms with Crippen LogP contribution in [0.1, 0.15) is 16.8 Å². The fourth-order valence-electron chi connectivity index (χ4n) is 2.84. The Labute approximate surface area is 151 Å². The van der Waals surface area contributed by atoms with Gasteiger partial charge < -0.3 is 15.0 Å². The Bertz CT molecular complexity index is 751. The van der Waals surface area contributed by atoms with Crippen LogP contribution in [0.2, 0.25) is 0 Å². The Kier molecular flexibility index (Phi) is 5.85. The number of hydrogen-bond acceptors (Lipinski definition) is 6. The van der Waals surface area contributed by atoms with E-state index < -0.39 is 0 Å².